The summed E-state index contributed by atoms with van der Waals surface area (Å²) < 4.78 is 10.6. The monoisotopic (exact) mass is 344 g/mol. The maximum Gasteiger partial charge on any atom is 0.339 e. The minimum absolute atomic E-state index is 0.0947. The third kappa shape index (κ3) is 3.85. The molecule has 1 aromatic carbocycles. The van der Waals surface area contributed by atoms with Crippen LogP contribution in [0.2, 0.25) is 0 Å². The van der Waals surface area contributed by atoms with Gasteiger partial charge in [0.25, 0.3) is 0 Å². The van der Waals surface area contributed by atoms with Gasteiger partial charge < -0.3 is 19.4 Å². The zero-order valence-electron chi connectivity index (χ0n) is 14.8. The van der Waals surface area contributed by atoms with Crippen molar-refractivity contribution in [3.05, 3.63) is 39.7 Å². The molecule has 1 fully saturated rings. The first kappa shape index (κ1) is 17.5. The normalized spacial score (nSPS) is 15.2. The summed E-state index contributed by atoms with van der Waals surface area (Å²) in [6.07, 6.45) is 1.69. The molecular formula is C19H24N2O4. The summed E-state index contributed by atoms with van der Waals surface area (Å²) in [5.74, 6) is 0.741. The van der Waals surface area contributed by atoms with E-state index in [1.54, 1.807) is 13.2 Å². The summed E-state index contributed by atoms with van der Waals surface area (Å²) in [5.41, 5.74) is 1.59. The molecule has 0 saturated carbocycles. The second-order valence-electron chi connectivity index (χ2n) is 6.34. The molecule has 6 nitrogen and oxygen atoms in total. The summed E-state index contributed by atoms with van der Waals surface area (Å²) in [6.45, 7) is 5.17. The van der Waals surface area contributed by atoms with Crippen molar-refractivity contribution in [2.75, 3.05) is 33.3 Å². The number of carbonyl (C=O) groups excluding carboxylic acids is 1. The zero-order valence-corrected chi connectivity index (χ0v) is 14.8. The van der Waals surface area contributed by atoms with Crippen molar-refractivity contribution in [2.24, 2.45) is 0 Å². The van der Waals surface area contributed by atoms with E-state index in [4.69, 9.17) is 9.15 Å². The second kappa shape index (κ2) is 7.70. The van der Waals surface area contributed by atoms with Crippen molar-refractivity contribution < 1.29 is 13.9 Å². The Hall–Kier alpha value is -2.34. The molecule has 0 bridgehead atoms. The molecule has 0 spiro atoms. The highest BCUT2D eigenvalue weighted by Gasteiger charge is 2.18. The number of nitrogens with zero attached hydrogens (tertiary/aromatic N) is 1. The molecular weight excluding hydrogens is 320 g/mol. The first-order valence-corrected chi connectivity index (χ1v) is 8.69. The van der Waals surface area contributed by atoms with Crippen molar-refractivity contribution in [1.29, 1.82) is 0 Å². The van der Waals surface area contributed by atoms with E-state index < -0.39 is 0 Å². The predicted molar refractivity (Wildman–Crippen MR) is 96.2 cm³/mol. The molecule has 1 aliphatic heterocycles. The minimum atomic E-state index is -0.372. The quantitative estimate of drug-likeness (QED) is 0.857. The average Bonchev–Trinajstić information content (AvgIpc) is 2.90. The van der Waals surface area contributed by atoms with Crippen LogP contribution in [0.15, 0.2) is 27.4 Å². The van der Waals surface area contributed by atoms with E-state index >= 15 is 0 Å². The molecule has 0 unspecified atom stereocenters. The van der Waals surface area contributed by atoms with Gasteiger partial charge in [0.05, 0.1) is 7.11 Å². The number of nitrogens with one attached hydrogen (secondary N) is 1. The fraction of sp³-hybridized carbons (Fsp3) is 0.474. The summed E-state index contributed by atoms with van der Waals surface area (Å²) >= 11 is 0. The molecule has 1 aliphatic rings. The molecule has 2 heterocycles. The number of rotatable bonds is 4. The first-order valence-electron chi connectivity index (χ1n) is 8.69. The molecule has 3 rings (SSSR count). The van der Waals surface area contributed by atoms with E-state index in [9.17, 15) is 9.59 Å². The minimum Gasteiger partial charge on any atom is -0.497 e. The van der Waals surface area contributed by atoms with Gasteiger partial charge in [-0.25, -0.2) is 4.79 Å². The van der Waals surface area contributed by atoms with Gasteiger partial charge in [0.2, 0.25) is 5.91 Å². The topological polar surface area (TPSA) is 71.8 Å². The van der Waals surface area contributed by atoms with Gasteiger partial charge in [-0.05, 0) is 44.0 Å². The van der Waals surface area contributed by atoms with Crippen LogP contribution in [-0.4, -0.2) is 44.1 Å². The number of carbonyl (C=O) groups is 1. The summed E-state index contributed by atoms with van der Waals surface area (Å²) in [4.78, 5) is 26.7. The van der Waals surface area contributed by atoms with Crippen molar-refractivity contribution in [3.63, 3.8) is 0 Å². The highest BCUT2D eigenvalue weighted by molar-refractivity contribution is 5.82. The van der Waals surface area contributed by atoms with E-state index in [1.165, 1.54) is 0 Å². The molecule has 25 heavy (non-hydrogen) atoms. The van der Waals surface area contributed by atoms with Crippen LogP contribution in [0, 0.1) is 6.92 Å². The van der Waals surface area contributed by atoms with Gasteiger partial charge in [-0.3, -0.25) is 4.79 Å². The fourth-order valence-electron chi connectivity index (χ4n) is 3.28. The van der Waals surface area contributed by atoms with Crippen LogP contribution in [0.5, 0.6) is 5.75 Å². The van der Waals surface area contributed by atoms with E-state index in [0.29, 0.717) is 29.7 Å². The Bertz CT molecular complexity index is 820. The molecule has 0 atom stereocenters. The summed E-state index contributed by atoms with van der Waals surface area (Å²) in [5, 5.41) is 4.16. The Balaban J connectivity index is 1.79. The lowest BCUT2D eigenvalue weighted by Gasteiger charge is -2.20. The van der Waals surface area contributed by atoms with Gasteiger partial charge in [-0.15, -0.1) is 0 Å². The molecule has 1 saturated heterocycles. The van der Waals surface area contributed by atoms with Crippen LogP contribution in [0.1, 0.15) is 24.0 Å². The lowest BCUT2D eigenvalue weighted by molar-refractivity contribution is -0.130. The summed E-state index contributed by atoms with van der Waals surface area (Å²) in [7, 11) is 1.57. The van der Waals surface area contributed by atoms with Crippen molar-refractivity contribution in [2.45, 2.75) is 26.2 Å². The Morgan fingerprint density at radius 1 is 1.32 bits per heavy atom. The number of hydrogen-bond acceptors (Lipinski definition) is 5. The molecule has 2 aromatic rings. The van der Waals surface area contributed by atoms with E-state index in [2.05, 4.69) is 5.32 Å². The van der Waals surface area contributed by atoms with Gasteiger partial charge in [0, 0.05) is 43.1 Å². The Morgan fingerprint density at radius 2 is 2.16 bits per heavy atom. The van der Waals surface area contributed by atoms with E-state index in [1.807, 2.05) is 24.0 Å². The number of amides is 1. The van der Waals surface area contributed by atoms with Crippen molar-refractivity contribution >= 4 is 16.9 Å². The maximum atomic E-state index is 12.4. The van der Waals surface area contributed by atoms with Crippen LogP contribution in [0.25, 0.3) is 11.0 Å². The lowest BCUT2D eigenvalue weighted by Crippen LogP contribution is -2.34. The van der Waals surface area contributed by atoms with Crippen molar-refractivity contribution in [3.8, 4) is 5.75 Å². The third-order valence-corrected chi connectivity index (χ3v) is 4.78. The smallest absolute Gasteiger partial charge is 0.339 e. The van der Waals surface area contributed by atoms with Crippen LogP contribution in [-0.2, 0) is 11.2 Å². The van der Waals surface area contributed by atoms with Crippen LogP contribution in [0.3, 0.4) is 0 Å². The molecule has 1 amide bonds. The number of fused-ring (bicyclic) bond motifs is 1. The van der Waals surface area contributed by atoms with E-state index in [0.717, 1.165) is 43.5 Å². The van der Waals surface area contributed by atoms with E-state index in [-0.39, 0.29) is 11.5 Å². The largest absolute Gasteiger partial charge is 0.497 e. The number of ether oxygens (including phenoxy) is 1. The Labute approximate surface area is 146 Å². The number of methoxy groups -OCH3 is 1. The molecule has 134 valence electrons. The lowest BCUT2D eigenvalue weighted by atomic mass is 10.0. The Kier molecular flexibility index (Phi) is 5.38. The zero-order chi connectivity index (χ0) is 17.8. The van der Waals surface area contributed by atoms with Crippen LogP contribution >= 0.6 is 0 Å². The standard InChI is InChI=1S/C19H24N2O4/c1-13-15-5-4-14(24-2)12-17(15)25-19(23)16(13)6-7-18(22)21-10-3-8-20-9-11-21/h4-5,12,20H,3,6-11H2,1-2H3. The van der Waals surface area contributed by atoms with Crippen LogP contribution < -0.4 is 15.7 Å². The van der Waals surface area contributed by atoms with Gasteiger partial charge in [0.1, 0.15) is 11.3 Å². The average molecular weight is 344 g/mol. The van der Waals surface area contributed by atoms with Gasteiger partial charge in [-0.1, -0.05) is 0 Å². The fourth-order valence-corrected chi connectivity index (χ4v) is 3.28. The third-order valence-electron chi connectivity index (χ3n) is 4.78. The van der Waals surface area contributed by atoms with Gasteiger partial charge >= 0.3 is 5.63 Å². The molecule has 1 aromatic heterocycles. The highest BCUT2D eigenvalue weighted by atomic mass is 16.5. The SMILES string of the molecule is COc1ccc2c(C)c(CCC(=O)N3CCCNCC3)c(=O)oc2c1. The highest BCUT2D eigenvalue weighted by Crippen LogP contribution is 2.24. The first-order chi connectivity index (χ1) is 12.1. The second-order valence-corrected chi connectivity index (χ2v) is 6.34. The molecule has 6 heteroatoms. The number of aryl methyl sites for hydroxylation is 1. The summed E-state index contributed by atoms with van der Waals surface area (Å²) in [6, 6.07) is 5.44. The number of benzene rings is 1. The molecule has 0 radical (unpaired) electrons. The van der Waals surface area contributed by atoms with Crippen LogP contribution in [0.4, 0.5) is 0 Å². The van der Waals surface area contributed by atoms with Gasteiger partial charge in [0.15, 0.2) is 0 Å². The predicted octanol–water partition coefficient (Wildman–Crippen LogP) is 1.86. The van der Waals surface area contributed by atoms with Gasteiger partial charge in [-0.2, -0.15) is 0 Å². The van der Waals surface area contributed by atoms with Crippen molar-refractivity contribution in [1.82, 2.24) is 10.2 Å². The maximum absolute atomic E-state index is 12.4. The molecule has 1 N–H and O–H groups in total. The number of hydrogen-bond donors (Lipinski definition) is 1. The molecule has 0 aliphatic carbocycles. The Morgan fingerprint density at radius 3 is 2.96 bits per heavy atom.